The highest BCUT2D eigenvalue weighted by Crippen LogP contribution is 2.25. The number of ether oxygens (including phenoxy) is 2. The first-order valence-corrected chi connectivity index (χ1v) is 9.47. The molecule has 2 aromatic rings. The van der Waals surface area contributed by atoms with E-state index in [1.165, 1.54) is 0 Å². The third-order valence-corrected chi connectivity index (χ3v) is 4.18. The number of furan rings is 1. The largest absolute Gasteiger partial charge is 0.496 e. The van der Waals surface area contributed by atoms with Gasteiger partial charge in [-0.15, -0.1) is 0 Å². The maximum atomic E-state index is 5.57. The molecule has 0 saturated carbocycles. The monoisotopic (exact) mass is 423 g/mol. The van der Waals surface area contributed by atoms with Gasteiger partial charge >= 0.3 is 0 Å². The van der Waals surface area contributed by atoms with Crippen LogP contribution in [0.15, 0.2) is 50.5 Å². The van der Waals surface area contributed by atoms with E-state index in [-0.39, 0.29) is 0 Å². The van der Waals surface area contributed by atoms with Gasteiger partial charge in [0.2, 0.25) is 0 Å². The lowest BCUT2D eigenvalue weighted by molar-refractivity contribution is 0.105. The van der Waals surface area contributed by atoms with Gasteiger partial charge in [0, 0.05) is 19.7 Å². The van der Waals surface area contributed by atoms with Gasteiger partial charge in [-0.05, 0) is 59.1 Å². The second kappa shape index (κ2) is 11.6. The van der Waals surface area contributed by atoms with Crippen molar-refractivity contribution in [3.8, 4) is 5.75 Å². The third-order valence-electron chi connectivity index (χ3n) is 3.56. The zero-order valence-electron chi connectivity index (χ0n) is 15.3. The number of nitrogens with one attached hydrogen (secondary N) is 2. The summed E-state index contributed by atoms with van der Waals surface area (Å²) < 4.78 is 17.0. The second-order valence-electron chi connectivity index (χ2n) is 5.58. The Morgan fingerprint density at radius 3 is 2.85 bits per heavy atom. The summed E-state index contributed by atoms with van der Waals surface area (Å²) in [5.41, 5.74) is 1.11. The first kappa shape index (κ1) is 20.3. The maximum absolute atomic E-state index is 5.57. The van der Waals surface area contributed by atoms with E-state index in [1.54, 1.807) is 13.4 Å². The number of aliphatic imine (C=N–C) groups is 1. The molecule has 0 bridgehead atoms. The molecule has 1 aromatic heterocycles. The summed E-state index contributed by atoms with van der Waals surface area (Å²) in [6, 6.07) is 9.74. The van der Waals surface area contributed by atoms with Crippen molar-refractivity contribution in [2.45, 2.75) is 26.5 Å². The molecule has 2 N–H and O–H groups in total. The van der Waals surface area contributed by atoms with Crippen LogP contribution in [-0.2, 0) is 17.9 Å². The highest BCUT2D eigenvalue weighted by atomic mass is 79.9. The number of benzene rings is 1. The molecular weight excluding hydrogens is 398 g/mol. The van der Waals surface area contributed by atoms with Crippen LogP contribution in [0, 0.1) is 0 Å². The quantitative estimate of drug-likeness (QED) is 0.346. The smallest absolute Gasteiger partial charge is 0.191 e. The minimum Gasteiger partial charge on any atom is -0.496 e. The Morgan fingerprint density at radius 1 is 1.27 bits per heavy atom. The van der Waals surface area contributed by atoms with Gasteiger partial charge in [0.15, 0.2) is 5.96 Å². The molecule has 2 rings (SSSR count). The van der Waals surface area contributed by atoms with Crippen LogP contribution >= 0.6 is 15.9 Å². The minimum atomic E-state index is 0.507. The molecule has 0 fully saturated rings. The van der Waals surface area contributed by atoms with E-state index >= 15 is 0 Å². The van der Waals surface area contributed by atoms with Crippen molar-refractivity contribution >= 4 is 21.9 Å². The number of halogens is 1. The molecule has 26 heavy (non-hydrogen) atoms. The first-order valence-electron chi connectivity index (χ1n) is 8.67. The number of rotatable bonds is 10. The van der Waals surface area contributed by atoms with E-state index < -0.39 is 0 Å². The SMILES string of the molecule is CCNC(=NCc1ccc(OC)c(Br)c1)NCCCOCc1ccco1. The van der Waals surface area contributed by atoms with Crippen LogP contribution in [0.25, 0.3) is 0 Å². The number of guanidine groups is 1. The summed E-state index contributed by atoms with van der Waals surface area (Å²) in [6.45, 7) is 5.41. The van der Waals surface area contributed by atoms with Crippen molar-refractivity contribution in [1.29, 1.82) is 0 Å². The van der Waals surface area contributed by atoms with Gasteiger partial charge in [-0.1, -0.05) is 6.07 Å². The predicted molar refractivity (Wildman–Crippen MR) is 106 cm³/mol. The summed E-state index contributed by atoms with van der Waals surface area (Å²) in [5.74, 6) is 2.46. The first-order chi connectivity index (χ1) is 12.7. The Bertz CT molecular complexity index is 675. The fourth-order valence-electron chi connectivity index (χ4n) is 2.27. The van der Waals surface area contributed by atoms with Gasteiger partial charge in [-0.2, -0.15) is 0 Å². The normalized spacial score (nSPS) is 11.4. The molecule has 1 heterocycles. The van der Waals surface area contributed by atoms with E-state index in [0.717, 1.165) is 47.0 Å². The molecule has 0 spiro atoms. The molecule has 0 aliphatic heterocycles. The summed E-state index contributed by atoms with van der Waals surface area (Å²) in [7, 11) is 1.66. The van der Waals surface area contributed by atoms with Gasteiger partial charge in [0.05, 0.1) is 24.4 Å². The molecular formula is C19H26BrN3O3. The molecule has 0 saturated heterocycles. The number of hydrogen-bond donors (Lipinski definition) is 2. The van der Waals surface area contributed by atoms with Crippen molar-refractivity contribution in [3.63, 3.8) is 0 Å². The van der Waals surface area contributed by atoms with Gasteiger partial charge < -0.3 is 24.5 Å². The Kier molecular flexibility index (Phi) is 9.06. The summed E-state index contributed by atoms with van der Waals surface area (Å²) >= 11 is 3.50. The Balaban J connectivity index is 1.72. The van der Waals surface area contributed by atoms with Crippen molar-refractivity contribution in [3.05, 3.63) is 52.4 Å². The highest BCUT2D eigenvalue weighted by Gasteiger charge is 2.02. The van der Waals surface area contributed by atoms with Crippen molar-refractivity contribution in [2.24, 2.45) is 4.99 Å². The van der Waals surface area contributed by atoms with E-state index in [2.05, 4.69) is 31.6 Å². The Morgan fingerprint density at radius 2 is 2.15 bits per heavy atom. The molecule has 0 unspecified atom stereocenters. The Labute approximate surface area is 163 Å². The maximum Gasteiger partial charge on any atom is 0.191 e. The fourth-order valence-corrected chi connectivity index (χ4v) is 2.86. The molecule has 0 amide bonds. The summed E-state index contributed by atoms with van der Waals surface area (Å²) in [6.07, 6.45) is 2.54. The van der Waals surface area contributed by atoms with Crippen molar-refractivity contribution in [1.82, 2.24) is 10.6 Å². The molecule has 7 heteroatoms. The Hall–Kier alpha value is -1.99. The van der Waals surface area contributed by atoms with Gasteiger partial charge in [-0.3, -0.25) is 0 Å². The number of methoxy groups -OCH3 is 1. The number of hydrogen-bond acceptors (Lipinski definition) is 4. The van der Waals surface area contributed by atoms with E-state index in [1.807, 2.05) is 37.3 Å². The minimum absolute atomic E-state index is 0.507. The fraction of sp³-hybridized carbons (Fsp3) is 0.421. The lowest BCUT2D eigenvalue weighted by Gasteiger charge is -2.11. The average Bonchev–Trinajstić information content (AvgIpc) is 3.16. The van der Waals surface area contributed by atoms with Crippen LogP contribution < -0.4 is 15.4 Å². The standard InChI is InChI=1S/C19H26BrN3O3/c1-3-21-19(22-9-5-10-25-14-16-6-4-11-26-16)23-13-15-7-8-18(24-2)17(20)12-15/h4,6-8,11-12H,3,5,9-10,13-14H2,1-2H3,(H2,21,22,23). The molecule has 6 nitrogen and oxygen atoms in total. The van der Waals surface area contributed by atoms with Gasteiger partial charge in [-0.25, -0.2) is 4.99 Å². The van der Waals surface area contributed by atoms with Crippen molar-refractivity contribution < 1.29 is 13.9 Å². The van der Waals surface area contributed by atoms with Crippen LogP contribution in [0.2, 0.25) is 0 Å². The number of nitrogens with zero attached hydrogens (tertiary/aromatic N) is 1. The van der Waals surface area contributed by atoms with Crippen molar-refractivity contribution in [2.75, 3.05) is 26.8 Å². The summed E-state index contributed by atoms with van der Waals surface area (Å²) in [4.78, 5) is 4.62. The topological polar surface area (TPSA) is 68.0 Å². The zero-order chi connectivity index (χ0) is 18.6. The zero-order valence-corrected chi connectivity index (χ0v) is 16.8. The van der Waals surface area contributed by atoms with Crippen LogP contribution in [0.1, 0.15) is 24.7 Å². The van der Waals surface area contributed by atoms with Crippen LogP contribution in [0.5, 0.6) is 5.75 Å². The van der Waals surface area contributed by atoms with E-state index in [9.17, 15) is 0 Å². The van der Waals surface area contributed by atoms with Gasteiger partial charge in [0.25, 0.3) is 0 Å². The molecule has 0 aliphatic rings. The molecule has 0 aliphatic carbocycles. The lowest BCUT2D eigenvalue weighted by Crippen LogP contribution is -2.38. The highest BCUT2D eigenvalue weighted by molar-refractivity contribution is 9.10. The van der Waals surface area contributed by atoms with Gasteiger partial charge in [0.1, 0.15) is 18.1 Å². The predicted octanol–water partition coefficient (Wildman–Crippen LogP) is 3.71. The van der Waals surface area contributed by atoms with Crippen LogP contribution in [0.4, 0.5) is 0 Å². The molecule has 0 radical (unpaired) electrons. The molecule has 1 aromatic carbocycles. The second-order valence-corrected chi connectivity index (χ2v) is 6.43. The molecule has 0 atom stereocenters. The van der Waals surface area contributed by atoms with E-state index in [4.69, 9.17) is 13.9 Å². The average molecular weight is 424 g/mol. The van der Waals surface area contributed by atoms with Crippen LogP contribution in [0.3, 0.4) is 0 Å². The molecule has 142 valence electrons. The van der Waals surface area contributed by atoms with Crippen LogP contribution in [-0.4, -0.2) is 32.8 Å². The third kappa shape index (κ3) is 7.09. The van der Waals surface area contributed by atoms with E-state index in [0.29, 0.717) is 19.8 Å². The lowest BCUT2D eigenvalue weighted by atomic mass is 10.2. The summed E-state index contributed by atoms with van der Waals surface area (Å²) in [5, 5.41) is 6.57.